The molecule has 15 heavy (non-hydrogen) atoms. The van der Waals surface area contributed by atoms with Crippen LogP contribution >= 0.6 is 0 Å². The predicted molar refractivity (Wildman–Crippen MR) is 66.3 cm³/mol. The molecule has 0 aliphatic carbocycles. The summed E-state index contributed by atoms with van der Waals surface area (Å²) in [6.45, 7) is 8.87. The van der Waals surface area contributed by atoms with Crippen molar-refractivity contribution in [2.45, 2.75) is 33.1 Å². The van der Waals surface area contributed by atoms with Gasteiger partial charge < -0.3 is 4.74 Å². The van der Waals surface area contributed by atoms with Gasteiger partial charge in [0.1, 0.15) is 5.75 Å². The van der Waals surface area contributed by atoms with E-state index in [1.807, 2.05) is 18.2 Å². The molecule has 0 fully saturated rings. The maximum Gasteiger partial charge on any atom is 0.129 e. The summed E-state index contributed by atoms with van der Waals surface area (Å²) in [7, 11) is 0. The fourth-order valence-corrected chi connectivity index (χ4v) is 1.56. The quantitative estimate of drug-likeness (QED) is 0.631. The lowest BCUT2D eigenvalue weighted by atomic mass is 10.1. The van der Waals surface area contributed by atoms with E-state index in [2.05, 4.69) is 26.5 Å². The first kappa shape index (κ1) is 11.8. The van der Waals surface area contributed by atoms with Crippen molar-refractivity contribution in [2.75, 3.05) is 6.61 Å². The highest BCUT2D eigenvalue weighted by atomic mass is 16.5. The first-order valence-corrected chi connectivity index (χ1v) is 5.64. The van der Waals surface area contributed by atoms with Crippen LogP contribution in [0.1, 0.15) is 37.3 Å². The van der Waals surface area contributed by atoms with Gasteiger partial charge in [0, 0.05) is 5.56 Å². The van der Waals surface area contributed by atoms with Crippen LogP contribution in [-0.2, 0) is 0 Å². The molecule has 0 heterocycles. The van der Waals surface area contributed by atoms with Crippen LogP contribution < -0.4 is 4.74 Å². The molecule has 1 aromatic carbocycles. The Hall–Kier alpha value is -1.24. The molecule has 0 unspecified atom stereocenters. The van der Waals surface area contributed by atoms with Crippen molar-refractivity contribution in [3.8, 4) is 5.75 Å². The van der Waals surface area contributed by atoms with Crippen LogP contribution in [0.2, 0.25) is 0 Å². The molecule has 0 aromatic heterocycles. The average molecular weight is 204 g/mol. The molecule has 0 N–H and O–H groups in total. The molecule has 0 spiro atoms. The van der Waals surface area contributed by atoms with Crippen LogP contribution in [0.3, 0.4) is 0 Å². The van der Waals surface area contributed by atoms with E-state index in [1.165, 1.54) is 18.4 Å². The van der Waals surface area contributed by atoms with E-state index in [9.17, 15) is 0 Å². The largest absolute Gasteiger partial charge is 0.493 e. The Bertz CT molecular complexity index is 315. The summed E-state index contributed by atoms with van der Waals surface area (Å²) in [6.07, 6.45) is 5.43. The molecule has 1 rings (SSSR count). The van der Waals surface area contributed by atoms with Gasteiger partial charge in [-0.15, -0.1) is 0 Å². The first-order chi connectivity index (χ1) is 7.29. The second-order valence-electron chi connectivity index (χ2n) is 3.75. The highest BCUT2D eigenvalue weighted by Gasteiger charge is 2.03. The number of hydrogen-bond acceptors (Lipinski definition) is 1. The van der Waals surface area contributed by atoms with Crippen molar-refractivity contribution in [1.29, 1.82) is 0 Å². The summed E-state index contributed by atoms with van der Waals surface area (Å²) < 4.78 is 5.79. The minimum Gasteiger partial charge on any atom is -0.493 e. The molecule has 0 saturated heterocycles. The minimum atomic E-state index is 0.805. The maximum atomic E-state index is 5.79. The van der Waals surface area contributed by atoms with Gasteiger partial charge in [0.15, 0.2) is 0 Å². The predicted octanol–water partition coefficient (Wildman–Crippen LogP) is 4.21. The third-order valence-corrected chi connectivity index (χ3v) is 2.46. The maximum absolute atomic E-state index is 5.79. The summed E-state index contributed by atoms with van der Waals surface area (Å²) >= 11 is 0. The molecule has 1 nitrogen and oxygen atoms in total. The number of ether oxygens (including phenoxy) is 1. The zero-order chi connectivity index (χ0) is 11.1. The van der Waals surface area contributed by atoms with E-state index in [0.717, 1.165) is 24.3 Å². The second-order valence-corrected chi connectivity index (χ2v) is 3.75. The van der Waals surface area contributed by atoms with Crippen molar-refractivity contribution < 1.29 is 4.74 Å². The molecule has 0 aliphatic heterocycles. The molecule has 82 valence electrons. The Balaban J connectivity index is 2.62. The van der Waals surface area contributed by atoms with Gasteiger partial charge >= 0.3 is 0 Å². The molecule has 1 heteroatoms. The van der Waals surface area contributed by atoms with E-state index in [0.29, 0.717) is 0 Å². The van der Waals surface area contributed by atoms with Crippen molar-refractivity contribution in [2.24, 2.45) is 0 Å². The van der Waals surface area contributed by atoms with Crippen molar-refractivity contribution >= 4 is 6.08 Å². The van der Waals surface area contributed by atoms with Crippen LogP contribution in [0.4, 0.5) is 0 Å². The van der Waals surface area contributed by atoms with Crippen LogP contribution in [-0.4, -0.2) is 6.61 Å². The zero-order valence-electron chi connectivity index (χ0n) is 9.75. The molecular weight excluding hydrogens is 184 g/mol. The van der Waals surface area contributed by atoms with E-state index >= 15 is 0 Å². The fraction of sp³-hybridized carbons (Fsp3) is 0.429. The Morgan fingerprint density at radius 2 is 2.13 bits per heavy atom. The Kier molecular flexibility index (Phi) is 4.96. The molecule has 0 amide bonds. The van der Waals surface area contributed by atoms with E-state index in [-0.39, 0.29) is 0 Å². The Morgan fingerprint density at radius 1 is 1.33 bits per heavy atom. The summed E-state index contributed by atoms with van der Waals surface area (Å²) in [5, 5.41) is 0. The molecule has 0 radical (unpaired) electrons. The van der Waals surface area contributed by atoms with Crippen LogP contribution in [0.5, 0.6) is 5.75 Å². The summed E-state index contributed by atoms with van der Waals surface area (Å²) in [5.41, 5.74) is 2.27. The standard InChI is InChI=1S/C14H20O/c1-4-6-7-11-15-14-12(3)9-8-10-13(14)5-2/h5,8-10H,2,4,6-7,11H2,1,3H3. The average Bonchev–Trinajstić information content (AvgIpc) is 2.26. The summed E-state index contributed by atoms with van der Waals surface area (Å²) in [4.78, 5) is 0. The highest BCUT2D eigenvalue weighted by Crippen LogP contribution is 2.24. The van der Waals surface area contributed by atoms with Crippen LogP contribution in [0.25, 0.3) is 6.08 Å². The van der Waals surface area contributed by atoms with Gasteiger partial charge in [0.2, 0.25) is 0 Å². The number of hydrogen-bond donors (Lipinski definition) is 0. The highest BCUT2D eigenvalue weighted by molar-refractivity contribution is 5.58. The molecule has 0 atom stereocenters. The lowest BCUT2D eigenvalue weighted by molar-refractivity contribution is 0.304. The number of benzene rings is 1. The van der Waals surface area contributed by atoms with Crippen LogP contribution in [0, 0.1) is 6.92 Å². The second kappa shape index (κ2) is 6.28. The van der Waals surface area contributed by atoms with Gasteiger partial charge in [0.25, 0.3) is 0 Å². The van der Waals surface area contributed by atoms with Crippen molar-refractivity contribution in [1.82, 2.24) is 0 Å². The van der Waals surface area contributed by atoms with E-state index < -0.39 is 0 Å². The minimum absolute atomic E-state index is 0.805. The van der Waals surface area contributed by atoms with E-state index in [4.69, 9.17) is 4.74 Å². The van der Waals surface area contributed by atoms with Gasteiger partial charge in [0.05, 0.1) is 6.61 Å². The molecule has 0 saturated carbocycles. The Morgan fingerprint density at radius 3 is 2.80 bits per heavy atom. The fourth-order valence-electron chi connectivity index (χ4n) is 1.56. The first-order valence-electron chi connectivity index (χ1n) is 5.64. The molecule has 1 aromatic rings. The summed E-state index contributed by atoms with van der Waals surface area (Å²) in [6, 6.07) is 6.14. The molecular formula is C14H20O. The van der Waals surface area contributed by atoms with Gasteiger partial charge in [-0.3, -0.25) is 0 Å². The lowest BCUT2D eigenvalue weighted by Crippen LogP contribution is -2.00. The number of para-hydroxylation sites is 1. The van der Waals surface area contributed by atoms with E-state index in [1.54, 1.807) is 0 Å². The number of unbranched alkanes of at least 4 members (excludes halogenated alkanes) is 2. The molecule has 0 bridgehead atoms. The SMILES string of the molecule is C=Cc1cccc(C)c1OCCCCC. The Labute approximate surface area is 92.8 Å². The van der Waals surface area contributed by atoms with Gasteiger partial charge in [-0.25, -0.2) is 0 Å². The van der Waals surface area contributed by atoms with Crippen molar-refractivity contribution in [3.05, 3.63) is 35.9 Å². The number of rotatable bonds is 6. The normalized spacial score (nSPS) is 10.0. The van der Waals surface area contributed by atoms with Gasteiger partial charge in [-0.2, -0.15) is 0 Å². The number of aryl methyl sites for hydroxylation is 1. The van der Waals surface area contributed by atoms with Gasteiger partial charge in [-0.1, -0.05) is 50.6 Å². The summed E-state index contributed by atoms with van der Waals surface area (Å²) in [5.74, 6) is 0.989. The molecule has 0 aliphatic rings. The van der Waals surface area contributed by atoms with Crippen molar-refractivity contribution in [3.63, 3.8) is 0 Å². The smallest absolute Gasteiger partial charge is 0.129 e. The zero-order valence-corrected chi connectivity index (χ0v) is 9.75. The van der Waals surface area contributed by atoms with Gasteiger partial charge in [-0.05, 0) is 18.9 Å². The topological polar surface area (TPSA) is 9.23 Å². The third-order valence-electron chi connectivity index (χ3n) is 2.46. The van der Waals surface area contributed by atoms with Crippen LogP contribution in [0.15, 0.2) is 24.8 Å². The lowest BCUT2D eigenvalue weighted by Gasteiger charge is -2.11. The third kappa shape index (κ3) is 3.43. The monoisotopic (exact) mass is 204 g/mol.